The van der Waals surface area contributed by atoms with Crippen molar-refractivity contribution in [3.63, 3.8) is 0 Å². The number of halogens is 1. The van der Waals surface area contributed by atoms with Crippen LogP contribution >= 0.6 is 15.9 Å². The lowest BCUT2D eigenvalue weighted by Gasteiger charge is -2.15. The highest BCUT2D eigenvalue weighted by Gasteiger charge is 2.28. The average Bonchev–Trinajstić information content (AvgIpc) is 2.89. The molecule has 0 bridgehead atoms. The van der Waals surface area contributed by atoms with Crippen molar-refractivity contribution in [2.45, 2.75) is 11.6 Å². The van der Waals surface area contributed by atoms with Crippen LogP contribution in [0, 0.1) is 0 Å². The molecule has 0 atom stereocenters. The van der Waals surface area contributed by atoms with E-state index in [1.165, 1.54) is 23.1 Å². The van der Waals surface area contributed by atoms with Crippen LogP contribution in [-0.4, -0.2) is 44.7 Å². The highest BCUT2D eigenvalue weighted by molar-refractivity contribution is 9.10. The minimum Gasteiger partial charge on any atom is -0.347 e. The molecule has 0 saturated carbocycles. The van der Waals surface area contributed by atoms with Gasteiger partial charge < -0.3 is 4.98 Å². The van der Waals surface area contributed by atoms with E-state index < -0.39 is 10.0 Å². The van der Waals surface area contributed by atoms with E-state index in [1.807, 2.05) is 0 Å². The van der Waals surface area contributed by atoms with Crippen LogP contribution in [0.25, 0.3) is 0 Å². The quantitative estimate of drug-likeness (QED) is 0.856. The van der Waals surface area contributed by atoms with Crippen LogP contribution in [0.1, 0.15) is 5.82 Å². The number of hydrogen-bond acceptors (Lipinski definition) is 5. The second-order valence-electron chi connectivity index (χ2n) is 3.61. The van der Waals surface area contributed by atoms with Gasteiger partial charge in [0, 0.05) is 26.5 Å². The van der Waals surface area contributed by atoms with Crippen LogP contribution in [-0.2, 0) is 23.6 Å². The molecular weight excluding hydrogens is 324 g/mol. The van der Waals surface area contributed by atoms with Crippen molar-refractivity contribution in [2.24, 2.45) is 7.05 Å². The molecule has 0 saturated heterocycles. The highest BCUT2D eigenvalue weighted by atomic mass is 79.9. The van der Waals surface area contributed by atoms with Gasteiger partial charge in [-0.15, -0.1) is 5.10 Å². The van der Waals surface area contributed by atoms with Crippen molar-refractivity contribution < 1.29 is 8.42 Å². The van der Waals surface area contributed by atoms with E-state index in [1.54, 1.807) is 12.4 Å². The van der Waals surface area contributed by atoms with Gasteiger partial charge >= 0.3 is 0 Å². The maximum absolute atomic E-state index is 12.3. The van der Waals surface area contributed by atoms with Gasteiger partial charge in [0.2, 0.25) is 5.03 Å². The van der Waals surface area contributed by atoms with Gasteiger partial charge in [-0.2, -0.15) is 4.31 Å². The molecule has 2 aromatic heterocycles. The summed E-state index contributed by atoms with van der Waals surface area (Å²) in [7, 11) is -0.680. The topological polar surface area (TPSA) is 96.8 Å². The fourth-order valence-electron chi connectivity index (χ4n) is 1.42. The number of hydrogen-bond donors (Lipinski definition) is 1. The van der Waals surface area contributed by atoms with Crippen molar-refractivity contribution in [3.8, 4) is 0 Å². The highest BCUT2D eigenvalue weighted by Crippen LogP contribution is 2.21. The number of H-pyrrole nitrogens is 1. The fourth-order valence-corrected chi connectivity index (χ4v) is 3.58. The van der Waals surface area contributed by atoms with Gasteiger partial charge in [-0.25, -0.2) is 18.1 Å². The van der Waals surface area contributed by atoms with E-state index in [9.17, 15) is 8.42 Å². The molecule has 0 spiro atoms. The first-order valence-corrected chi connectivity index (χ1v) is 7.16. The maximum atomic E-state index is 12.3. The zero-order chi connectivity index (χ0) is 13.3. The predicted octanol–water partition coefficient (Wildman–Crippen LogP) is 0.121. The maximum Gasteiger partial charge on any atom is 0.263 e. The van der Waals surface area contributed by atoms with Crippen LogP contribution in [0.3, 0.4) is 0 Å². The molecule has 0 radical (unpaired) electrons. The average molecular weight is 335 g/mol. The number of nitrogens with one attached hydrogen (secondary N) is 1. The molecular formula is C8H11BrN6O2S. The van der Waals surface area contributed by atoms with Crippen molar-refractivity contribution in [1.82, 2.24) is 29.3 Å². The number of aryl methyl sites for hydroxylation is 1. The molecule has 2 rings (SSSR count). The van der Waals surface area contributed by atoms with Gasteiger partial charge in [-0.3, -0.25) is 0 Å². The Morgan fingerprint density at radius 1 is 1.56 bits per heavy atom. The first-order chi connectivity index (χ1) is 8.43. The van der Waals surface area contributed by atoms with Gasteiger partial charge in [0.1, 0.15) is 5.82 Å². The molecule has 2 aromatic rings. The lowest BCUT2D eigenvalue weighted by Crippen LogP contribution is -2.29. The van der Waals surface area contributed by atoms with E-state index in [2.05, 4.69) is 36.2 Å². The van der Waals surface area contributed by atoms with Crippen LogP contribution in [0.5, 0.6) is 0 Å². The second-order valence-corrected chi connectivity index (χ2v) is 6.32. The summed E-state index contributed by atoms with van der Waals surface area (Å²) in [4.78, 5) is 6.83. The molecule has 0 aromatic carbocycles. The Hall–Kier alpha value is -1.26. The summed E-state index contributed by atoms with van der Waals surface area (Å²) >= 11 is 3.08. The van der Waals surface area contributed by atoms with Crippen molar-refractivity contribution in [3.05, 3.63) is 22.8 Å². The number of nitrogens with zero attached hydrogens (tertiary/aromatic N) is 5. The van der Waals surface area contributed by atoms with Crippen molar-refractivity contribution in [2.75, 3.05) is 7.05 Å². The number of imidazole rings is 1. The molecule has 98 valence electrons. The molecule has 0 aliphatic rings. The smallest absolute Gasteiger partial charge is 0.263 e. The Morgan fingerprint density at radius 2 is 2.28 bits per heavy atom. The molecule has 10 heteroatoms. The van der Waals surface area contributed by atoms with E-state index in [-0.39, 0.29) is 16.2 Å². The molecule has 0 aliphatic heterocycles. The Morgan fingerprint density at radius 3 is 2.78 bits per heavy atom. The Balaban J connectivity index is 2.32. The summed E-state index contributed by atoms with van der Waals surface area (Å²) in [5, 5.41) is 7.33. The minimum atomic E-state index is -3.67. The largest absolute Gasteiger partial charge is 0.347 e. The third-order valence-corrected chi connectivity index (χ3v) is 5.01. The van der Waals surface area contributed by atoms with Crippen LogP contribution < -0.4 is 0 Å². The van der Waals surface area contributed by atoms with Gasteiger partial charge in [-0.05, 0) is 15.9 Å². The molecule has 18 heavy (non-hydrogen) atoms. The Kier molecular flexibility index (Phi) is 3.50. The van der Waals surface area contributed by atoms with Gasteiger partial charge in [-0.1, -0.05) is 5.21 Å². The monoisotopic (exact) mass is 334 g/mol. The predicted molar refractivity (Wildman–Crippen MR) is 65.9 cm³/mol. The van der Waals surface area contributed by atoms with Crippen LogP contribution in [0.4, 0.5) is 0 Å². The SMILES string of the molecule is CN(Cc1ncc[nH]1)S(=O)(=O)c1c(Br)nnn1C. The third-order valence-electron chi connectivity index (χ3n) is 2.32. The number of rotatable bonds is 4. The van der Waals surface area contributed by atoms with Crippen LogP contribution in [0.2, 0.25) is 0 Å². The third kappa shape index (κ3) is 2.31. The Bertz CT molecular complexity index is 615. The number of aromatic amines is 1. The van der Waals surface area contributed by atoms with Crippen molar-refractivity contribution in [1.29, 1.82) is 0 Å². The summed E-state index contributed by atoms with van der Waals surface area (Å²) in [5.41, 5.74) is 0. The summed E-state index contributed by atoms with van der Waals surface area (Å²) < 4.78 is 27.2. The van der Waals surface area contributed by atoms with E-state index >= 15 is 0 Å². The molecule has 0 aliphatic carbocycles. The molecule has 0 amide bonds. The molecule has 1 N–H and O–H groups in total. The molecule has 0 unspecified atom stereocenters. The van der Waals surface area contributed by atoms with E-state index in [4.69, 9.17) is 0 Å². The zero-order valence-corrected chi connectivity index (χ0v) is 12.1. The summed E-state index contributed by atoms with van der Waals surface area (Å²) in [6.45, 7) is 0.146. The number of sulfonamides is 1. The lowest BCUT2D eigenvalue weighted by molar-refractivity contribution is 0.449. The van der Waals surface area contributed by atoms with Gasteiger partial charge in [0.25, 0.3) is 10.0 Å². The first-order valence-electron chi connectivity index (χ1n) is 4.92. The standard InChI is InChI=1S/C8H11BrN6O2S/c1-14(5-6-10-3-4-11-6)18(16,17)8-7(9)12-13-15(8)2/h3-4H,5H2,1-2H3,(H,10,11). The fraction of sp³-hybridized carbons (Fsp3) is 0.375. The van der Waals surface area contributed by atoms with Gasteiger partial charge in [0.05, 0.1) is 6.54 Å². The van der Waals surface area contributed by atoms with Crippen LogP contribution in [0.15, 0.2) is 22.0 Å². The lowest BCUT2D eigenvalue weighted by atomic mass is 10.6. The summed E-state index contributed by atoms with van der Waals surface area (Å²) in [6, 6.07) is 0. The van der Waals surface area contributed by atoms with Gasteiger partial charge in [0.15, 0.2) is 4.60 Å². The first kappa shape index (κ1) is 13.2. The molecule has 0 fully saturated rings. The summed E-state index contributed by atoms with van der Waals surface area (Å²) in [6.07, 6.45) is 3.20. The Labute approximate surface area is 112 Å². The van der Waals surface area contributed by atoms with Crippen molar-refractivity contribution >= 4 is 26.0 Å². The summed E-state index contributed by atoms with van der Waals surface area (Å²) in [5.74, 6) is 0.562. The second kappa shape index (κ2) is 4.78. The minimum absolute atomic E-state index is 0.0107. The van der Waals surface area contributed by atoms with E-state index in [0.717, 1.165) is 0 Å². The molecule has 2 heterocycles. The normalized spacial score (nSPS) is 12.2. The zero-order valence-electron chi connectivity index (χ0n) is 9.70. The molecule has 8 nitrogen and oxygen atoms in total. The van der Waals surface area contributed by atoms with E-state index in [0.29, 0.717) is 5.82 Å². The number of aromatic nitrogens is 5.